The highest BCUT2D eigenvalue weighted by Crippen LogP contribution is 1.90. The first-order chi connectivity index (χ1) is 5.38. The minimum absolute atomic E-state index is 0.539. The number of halogens is 1. The molecule has 0 heterocycles. The first-order valence-electron chi connectivity index (χ1n) is 3.06. The Morgan fingerprint density at radius 3 is 2.36 bits per heavy atom. The molecule has 11 heavy (non-hydrogen) atoms. The third-order valence-corrected chi connectivity index (χ3v) is 1.28. The van der Waals surface area contributed by atoms with Crippen molar-refractivity contribution in [3.05, 3.63) is 30.3 Å². The Hall–Kier alpha value is -0.905. The van der Waals surface area contributed by atoms with Gasteiger partial charge in [-0.2, -0.15) is 0 Å². The van der Waals surface area contributed by atoms with Crippen LogP contribution < -0.4 is 11.4 Å². The minimum atomic E-state index is -1.13. The number of hydrogen-bond acceptors (Lipinski definition) is 3. The van der Waals surface area contributed by atoms with E-state index in [0.29, 0.717) is 5.46 Å². The third-order valence-electron chi connectivity index (χ3n) is 1.28. The molecule has 1 aromatic rings. The zero-order chi connectivity index (χ0) is 8.10. The van der Waals surface area contributed by atoms with Gasteiger partial charge in [0.2, 0.25) is 0 Å². The lowest BCUT2D eigenvalue weighted by Gasteiger charge is -2.02. The van der Waals surface area contributed by atoms with E-state index >= 15 is 0 Å². The molecular formula is C6H7BFNO2. The first-order valence-corrected chi connectivity index (χ1v) is 3.06. The molecule has 0 unspecified atom stereocenters. The lowest BCUT2D eigenvalue weighted by atomic mass is 9.80. The van der Waals surface area contributed by atoms with Crippen LogP contribution in [0.5, 0.6) is 0 Å². The fourth-order valence-corrected chi connectivity index (χ4v) is 0.761. The SMILES string of the molecule is NOB(OF)c1ccccc1. The molecule has 0 aliphatic carbocycles. The van der Waals surface area contributed by atoms with Gasteiger partial charge in [0, 0.05) is 0 Å². The maximum absolute atomic E-state index is 11.6. The molecule has 0 aliphatic heterocycles. The molecule has 0 saturated heterocycles. The van der Waals surface area contributed by atoms with E-state index in [0.717, 1.165) is 0 Å². The van der Waals surface area contributed by atoms with Gasteiger partial charge >= 0.3 is 7.12 Å². The van der Waals surface area contributed by atoms with Gasteiger partial charge < -0.3 is 4.76 Å². The van der Waals surface area contributed by atoms with E-state index in [1.165, 1.54) is 0 Å². The van der Waals surface area contributed by atoms with Crippen LogP contribution >= 0.6 is 0 Å². The van der Waals surface area contributed by atoms with Crippen LogP contribution in [-0.4, -0.2) is 7.12 Å². The summed E-state index contributed by atoms with van der Waals surface area (Å²) in [5.74, 6) is 4.75. The molecule has 0 bridgehead atoms. The fraction of sp³-hybridized carbons (Fsp3) is 0. The van der Waals surface area contributed by atoms with Crippen LogP contribution in [0.2, 0.25) is 0 Å². The second-order valence-electron chi connectivity index (χ2n) is 1.97. The quantitative estimate of drug-likeness (QED) is 0.499. The van der Waals surface area contributed by atoms with E-state index in [9.17, 15) is 4.53 Å². The summed E-state index contributed by atoms with van der Waals surface area (Å²) >= 11 is 0. The number of rotatable bonds is 3. The van der Waals surface area contributed by atoms with E-state index in [4.69, 9.17) is 5.90 Å². The molecule has 2 N–H and O–H groups in total. The lowest BCUT2D eigenvalue weighted by Crippen LogP contribution is -2.36. The van der Waals surface area contributed by atoms with Crippen molar-refractivity contribution < 1.29 is 14.1 Å². The molecule has 0 radical (unpaired) electrons. The van der Waals surface area contributed by atoms with Crippen molar-refractivity contribution in [2.45, 2.75) is 0 Å². The van der Waals surface area contributed by atoms with Crippen LogP contribution in [-0.2, 0) is 9.61 Å². The Bertz CT molecular complexity index is 205. The number of benzene rings is 1. The molecule has 1 rings (SSSR count). The summed E-state index contributed by atoms with van der Waals surface area (Å²) in [5, 5.41) is 0. The molecule has 1 aromatic carbocycles. The third kappa shape index (κ3) is 2.01. The van der Waals surface area contributed by atoms with Gasteiger partial charge in [-0.15, -0.1) is 0 Å². The van der Waals surface area contributed by atoms with Gasteiger partial charge in [-0.05, 0) is 5.46 Å². The van der Waals surface area contributed by atoms with E-state index < -0.39 is 7.12 Å². The Labute approximate surface area is 63.9 Å². The zero-order valence-electron chi connectivity index (χ0n) is 5.74. The molecule has 0 atom stereocenters. The number of nitrogens with two attached hydrogens (primary N) is 1. The van der Waals surface area contributed by atoms with Crippen LogP contribution in [0.15, 0.2) is 30.3 Å². The molecule has 5 heteroatoms. The second kappa shape index (κ2) is 4.07. The van der Waals surface area contributed by atoms with Gasteiger partial charge in [0.1, 0.15) is 0 Å². The van der Waals surface area contributed by atoms with Crippen LogP contribution in [0.4, 0.5) is 4.53 Å². The summed E-state index contributed by atoms with van der Waals surface area (Å²) in [6.45, 7) is 0. The second-order valence-corrected chi connectivity index (χ2v) is 1.97. The fourth-order valence-electron chi connectivity index (χ4n) is 0.761. The van der Waals surface area contributed by atoms with Crippen molar-refractivity contribution >= 4 is 12.6 Å². The van der Waals surface area contributed by atoms with E-state index in [2.05, 4.69) is 9.61 Å². The summed E-state index contributed by atoms with van der Waals surface area (Å²) in [6.07, 6.45) is 0. The summed E-state index contributed by atoms with van der Waals surface area (Å²) in [5.41, 5.74) is 0.539. The summed E-state index contributed by atoms with van der Waals surface area (Å²) < 4.78 is 15.8. The van der Waals surface area contributed by atoms with Gasteiger partial charge in [0.05, 0.1) is 0 Å². The van der Waals surface area contributed by atoms with Crippen LogP contribution in [0, 0.1) is 0 Å². The smallest absolute Gasteiger partial charge is 0.324 e. The number of hydrogen-bond donors (Lipinski definition) is 1. The monoisotopic (exact) mass is 155 g/mol. The van der Waals surface area contributed by atoms with Crippen molar-refractivity contribution in [1.82, 2.24) is 0 Å². The Kier molecular flexibility index (Phi) is 3.03. The maximum atomic E-state index is 11.6. The lowest BCUT2D eigenvalue weighted by molar-refractivity contribution is -0.0355. The van der Waals surface area contributed by atoms with Crippen molar-refractivity contribution in [3.63, 3.8) is 0 Å². The normalized spacial score (nSPS) is 9.64. The minimum Gasteiger partial charge on any atom is -0.324 e. The zero-order valence-corrected chi connectivity index (χ0v) is 5.74. The largest absolute Gasteiger partial charge is 0.548 e. The topological polar surface area (TPSA) is 44.5 Å². The van der Waals surface area contributed by atoms with Gasteiger partial charge in [0.25, 0.3) is 0 Å². The van der Waals surface area contributed by atoms with E-state index in [-0.39, 0.29) is 0 Å². The van der Waals surface area contributed by atoms with Crippen LogP contribution in [0.3, 0.4) is 0 Å². The molecule has 58 valence electrons. The average Bonchev–Trinajstić information content (AvgIpc) is 2.09. The van der Waals surface area contributed by atoms with Crippen LogP contribution in [0.1, 0.15) is 0 Å². The average molecular weight is 155 g/mol. The van der Waals surface area contributed by atoms with Gasteiger partial charge in [-0.25, -0.2) is 10.8 Å². The van der Waals surface area contributed by atoms with Crippen molar-refractivity contribution in [2.75, 3.05) is 0 Å². The summed E-state index contributed by atoms with van der Waals surface area (Å²) in [4.78, 5) is 3.44. The Balaban J connectivity index is 2.74. The van der Waals surface area contributed by atoms with Crippen LogP contribution in [0.25, 0.3) is 0 Å². The Morgan fingerprint density at radius 1 is 1.27 bits per heavy atom. The standard InChI is InChI=1S/C6H7BFNO2/c8-10-7(11-9)6-4-2-1-3-5-6/h1-5H,9H2. The van der Waals surface area contributed by atoms with Gasteiger partial charge in [-0.1, -0.05) is 34.9 Å². The maximum Gasteiger partial charge on any atom is 0.548 e. The van der Waals surface area contributed by atoms with Crippen molar-refractivity contribution in [3.8, 4) is 0 Å². The highest BCUT2D eigenvalue weighted by Gasteiger charge is 2.20. The summed E-state index contributed by atoms with van der Waals surface area (Å²) in [7, 11) is -1.13. The molecule has 0 fully saturated rings. The van der Waals surface area contributed by atoms with Crippen molar-refractivity contribution in [2.24, 2.45) is 5.90 Å². The highest BCUT2D eigenvalue weighted by atomic mass is 19.3. The van der Waals surface area contributed by atoms with E-state index in [1.807, 2.05) is 0 Å². The molecule has 0 saturated carbocycles. The van der Waals surface area contributed by atoms with Gasteiger partial charge in [0.15, 0.2) is 0 Å². The predicted octanol–water partition coefficient (Wildman–Crippen LogP) is 0.173. The highest BCUT2D eigenvalue weighted by molar-refractivity contribution is 6.60. The van der Waals surface area contributed by atoms with Gasteiger partial charge in [-0.3, -0.25) is 0 Å². The molecule has 0 spiro atoms. The Morgan fingerprint density at radius 2 is 1.91 bits per heavy atom. The first kappa shape index (κ1) is 8.19. The molecular weight excluding hydrogens is 148 g/mol. The predicted molar refractivity (Wildman–Crippen MR) is 39.3 cm³/mol. The van der Waals surface area contributed by atoms with Crippen molar-refractivity contribution in [1.29, 1.82) is 0 Å². The molecule has 3 nitrogen and oxygen atoms in total. The van der Waals surface area contributed by atoms with E-state index in [1.54, 1.807) is 30.3 Å². The summed E-state index contributed by atoms with van der Waals surface area (Å²) in [6, 6.07) is 8.57. The molecule has 0 aromatic heterocycles. The molecule has 0 aliphatic rings. The molecule has 0 amide bonds.